The Balaban J connectivity index is 1.89. The summed E-state index contributed by atoms with van der Waals surface area (Å²) in [6.45, 7) is 1.98. The summed E-state index contributed by atoms with van der Waals surface area (Å²) in [6, 6.07) is 13.5. The van der Waals surface area contributed by atoms with Gasteiger partial charge in [-0.05, 0) is 61.2 Å². The van der Waals surface area contributed by atoms with Gasteiger partial charge in [0.1, 0.15) is 5.75 Å². The lowest BCUT2D eigenvalue weighted by molar-refractivity contribution is -0.122. The summed E-state index contributed by atoms with van der Waals surface area (Å²) < 4.78 is 5.30. The second kappa shape index (κ2) is 7.49. The third-order valence-corrected chi connectivity index (χ3v) is 5.44. The van der Waals surface area contributed by atoms with Crippen LogP contribution in [0.5, 0.6) is 5.75 Å². The molecule has 132 valence electrons. The van der Waals surface area contributed by atoms with Gasteiger partial charge in [0.25, 0.3) is 0 Å². The van der Waals surface area contributed by atoms with Crippen molar-refractivity contribution in [1.82, 2.24) is 0 Å². The molecule has 4 heteroatoms. The Morgan fingerprint density at radius 3 is 2.36 bits per heavy atom. The van der Waals surface area contributed by atoms with Gasteiger partial charge in [-0.25, -0.2) is 0 Å². The third-order valence-electron chi connectivity index (χ3n) is 5.19. The molecule has 1 N–H and O–H groups in total. The predicted octanol–water partition coefficient (Wildman–Crippen LogP) is 5.50. The van der Waals surface area contributed by atoms with E-state index in [1.54, 1.807) is 7.11 Å². The van der Waals surface area contributed by atoms with Crippen molar-refractivity contribution in [2.75, 3.05) is 12.4 Å². The average Bonchev–Trinajstić information content (AvgIpc) is 2.63. The number of hydrogen-bond donors (Lipinski definition) is 1. The number of hydrogen-bond acceptors (Lipinski definition) is 2. The molecule has 3 rings (SSSR count). The lowest BCUT2D eigenvalue weighted by atomic mass is 9.68. The number of benzene rings is 2. The van der Waals surface area contributed by atoms with E-state index in [1.807, 2.05) is 49.4 Å². The molecule has 0 bridgehead atoms. The van der Waals surface area contributed by atoms with Crippen molar-refractivity contribution < 1.29 is 9.53 Å². The number of amides is 1. The van der Waals surface area contributed by atoms with Crippen LogP contribution in [-0.4, -0.2) is 13.0 Å². The van der Waals surface area contributed by atoms with Crippen LogP contribution in [0.25, 0.3) is 0 Å². The third kappa shape index (κ3) is 3.67. The minimum Gasteiger partial charge on any atom is -0.496 e. The number of carbonyl (C=O) groups is 1. The lowest BCUT2D eigenvalue weighted by Crippen LogP contribution is -2.42. The minimum atomic E-state index is -0.476. The van der Waals surface area contributed by atoms with Crippen LogP contribution in [0.2, 0.25) is 5.02 Å². The number of methoxy groups -OCH3 is 1. The van der Waals surface area contributed by atoms with Crippen LogP contribution in [0.15, 0.2) is 42.5 Å². The first-order valence-electron chi connectivity index (χ1n) is 8.77. The van der Waals surface area contributed by atoms with Gasteiger partial charge in [0, 0.05) is 10.7 Å². The maximum absolute atomic E-state index is 13.3. The molecule has 0 aliphatic heterocycles. The summed E-state index contributed by atoms with van der Waals surface area (Å²) in [6.07, 6.45) is 5.06. The highest BCUT2D eigenvalue weighted by Gasteiger charge is 2.41. The lowest BCUT2D eigenvalue weighted by Gasteiger charge is -2.36. The molecule has 1 aliphatic carbocycles. The molecule has 0 heterocycles. The van der Waals surface area contributed by atoms with Crippen molar-refractivity contribution in [2.45, 2.75) is 44.4 Å². The maximum Gasteiger partial charge on any atom is 0.235 e. The fourth-order valence-corrected chi connectivity index (χ4v) is 3.90. The number of anilines is 1. The van der Waals surface area contributed by atoms with E-state index in [-0.39, 0.29) is 5.91 Å². The van der Waals surface area contributed by atoms with Crippen LogP contribution >= 0.6 is 11.6 Å². The largest absolute Gasteiger partial charge is 0.496 e. The number of nitrogens with one attached hydrogen (secondary N) is 1. The average molecular weight is 358 g/mol. The Morgan fingerprint density at radius 2 is 1.76 bits per heavy atom. The number of aryl methyl sites for hydroxylation is 1. The normalized spacial score (nSPS) is 16.3. The Morgan fingerprint density at radius 1 is 1.08 bits per heavy atom. The molecule has 0 atom stereocenters. The van der Waals surface area contributed by atoms with Gasteiger partial charge in [-0.15, -0.1) is 0 Å². The SMILES string of the molecule is COc1ccc(NC(=O)C2(c3ccc(Cl)cc3)CCCCC2)cc1C. The Hall–Kier alpha value is -2.00. The van der Waals surface area contributed by atoms with E-state index in [4.69, 9.17) is 16.3 Å². The van der Waals surface area contributed by atoms with Crippen molar-refractivity contribution in [1.29, 1.82) is 0 Å². The van der Waals surface area contributed by atoms with Gasteiger partial charge in [0.15, 0.2) is 0 Å². The number of ether oxygens (including phenoxy) is 1. The van der Waals surface area contributed by atoms with E-state index in [9.17, 15) is 4.79 Å². The Bertz CT molecular complexity index is 749. The predicted molar refractivity (Wildman–Crippen MR) is 103 cm³/mol. The second-order valence-electron chi connectivity index (χ2n) is 6.79. The smallest absolute Gasteiger partial charge is 0.235 e. The monoisotopic (exact) mass is 357 g/mol. The zero-order chi connectivity index (χ0) is 17.9. The van der Waals surface area contributed by atoms with E-state index in [0.717, 1.165) is 48.2 Å². The number of halogens is 1. The molecular formula is C21H24ClNO2. The standard InChI is InChI=1S/C21H24ClNO2/c1-15-14-18(10-11-19(15)25-2)23-20(24)21(12-4-3-5-13-21)16-6-8-17(22)9-7-16/h6-11,14H,3-5,12-13H2,1-2H3,(H,23,24). The summed E-state index contributed by atoms with van der Waals surface area (Å²) in [5, 5.41) is 3.83. The van der Waals surface area contributed by atoms with E-state index in [0.29, 0.717) is 5.02 Å². The van der Waals surface area contributed by atoms with Gasteiger partial charge >= 0.3 is 0 Å². The molecule has 0 spiro atoms. The van der Waals surface area contributed by atoms with Crippen LogP contribution in [0, 0.1) is 6.92 Å². The quantitative estimate of drug-likeness (QED) is 0.784. The highest BCUT2D eigenvalue weighted by Crippen LogP contribution is 2.41. The van der Waals surface area contributed by atoms with Gasteiger partial charge in [-0.1, -0.05) is 43.0 Å². The summed E-state index contributed by atoms with van der Waals surface area (Å²) in [5.74, 6) is 0.891. The van der Waals surface area contributed by atoms with Gasteiger partial charge in [-0.3, -0.25) is 4.79 Å². The van der Waals surface area contributed by atoms with Gasteiger partial charge in [-0.2, -0.15) is 0 Å². The van der Waals surface area contributed by atoms with Crippen molar-refractivity contribution in [3.05, 3.63) is 58.6 Å². The molecule has 1 fully saturated rings. The summed E-state index contributed by atoms with van der Waals surface area (Å²) in [5.41, 5.74) is 2.39. The van der Waals surface area contributed by atoms with Crippen molar-refractivity contribution in [3.8, 4) is 5.75 Å². The van der Waals surface area contributed by atoms with Crippen LogP contribution in [0.4, 0.5) is 5.69 Å². The molecular weight excluding hydrogens is 334 g/mol. The summed E-state index contributed by atoms with van der Waals surface area (Å²) in [7, 11) is 1.65. The first-order chi connectivity index (χ1) is 12.0. The fourth-order valence-electron chi connectivity index (χ4n) is 3.78. The van der Waals surface area contributed by atoms with Crippen LogP contribution in [0.3, 0.4) is 0 Å². The van der Waals surface area contributed by atoms with Gasteiger partial charge < -0.3 is 10.1 Å². The zero-order valence-electron chi connectivity index (χ0n) is 14.8. The first-order valence-corrected chi connectivity index (χ1v) is 9.15. The molecule has 2 aromatic carbocycles. The number of carbonyl (C=O) groups excluding carboxylic acids is 1. The highest BCUT2D eigenvalue weighted by atomic mass is 35.5. The molecule has 0 aromatic heterocycles. The van der Waals surface area contributed by atoms with E-state index < -0.39 is 5.41 Å². The Kier molecular flexibility index (Phi) is 5.33. The summed E-state index contributed by atoms with van der Waals surface area (Å²) >= 11 is 6.04. The molecule has 1 saturated carbocycles. The van der Waals surface area contributed by atoms with E-state index in [1.165, 1.54) is 6.42 Å². The zero-order valence-corrected chi connectivity index (χ0v) is 15.5. The number of rotatable bonds is 4. The second-order valence-corrected chi connectivity index (χ2v) is 7.22. The van der Waals surface area contributed by atoms with E-state index >= 15 is 0 Å². The van der Waals surface area contributed by atoms with Crippen molar-refractivity contribution in [3.63, 3.8) is 0 Å². The van der Waals surface area contributed by atoms with Crippen LogP contribution in [0.1, 0.15) is 43.2 Å². The maximum atomic E-state index is 13.3. The van der Waals surface area contributed by atoms with Crippen LogP contribution in [-0.2, 0) is 10.2 Å². The molecule has 1 amide bonds. The molecule has 0 unspecified atom stereocenters. The van der Waals surface area contributed by atoms with Crippen LogP contribution < -0.4 is 10.1 Å². The molecule has 3 nitrogen and oxygen atoms in total. The van der Waals surface area contributed by atoms with Gasteiger partial charge in [0.2, 0.25) is 5.91 Å². The Labute approximate surface area is 154 Å². The first kappa shape index (κ1) is 17.8. The topological polar surface area (TPSA) is 38.3 Å². The molecule has 0 saturated heterocycles. The van der Waals surface area contributed by atoms with Crippen molar-refractivity contribution >= 4 is 23.2 Å². The van der Waals surface area contributed by atoms with Crippen molar-refractivity contribution in [2.24, 2.45) is 0 Å². The van der Waals surface area contributed by atoms with E-state index in [2.05, 4.69) is 5.32 Å². The fraction of sp³-hybridized carbons (Fsp3) is 0.381. The molecule has 1 aliphatic rings. The molecule has 25 heavy (non-hydrogen) atoms. The van der Waals surface area contributed by atoms with Gasteiger partial charge in [0.05, 0.1) is 12.5 Å². The highest BCUT2D eigenvalue weighted by molar-refractivity contribution is 6.30. The summed E-state index contributed by atoms with van der Waals surface area (Å²) in [4.78, 5) is 13.3. The minimum absolute atomic E-state index is 0.0686. The molecule has 2 aromatic rings. The molecule has 0 radical (unpaired) electrons.